The zero-order valence-corrected chi connectivity index (χ0v) is 16.7. The number of anilines is 1. The van der Waals surface area contributed by atoms with Crippen molar-refractivity contribution in [3.05, 3.63) is 59.2 Å². The number of aryl methyl sites for hydroxylation is 1. The number of benzene rings is 2. The molecular formula is C22H28N2O3. The largest absolute Gasteiger partial charge is 0.493 e. The summed E-state index contributed by atoms with van der Waals surface area (Å²) in [5, 5.41) is 2.87. The third-order valence-electron chi connectivity index (χ3n) is 4.29. The molecule has 144 valence electrons. The Balaban J connectivity index is 1.94. The van der Waals surface area contributed by atoms with Gasteiger partial charge >= 0.3 is 0 Å². The van der Waals surface area contributed by atoms with E-state index in [2.05, 4.69) is 19.2 Å². The normalized spacial score (nSPS) is 10.6. The topological polar surface area (TPSA) is 58.6 Å². The van der Waals surface area contributed by atoms with E-state index in [-0.39, 0.29) is 18.4 Å². The molecule has 5 nitrogen and oxygen atoms in total. The molecule has 0 aliphatic carbocycles. The minimum absolute atomic E-state index is 0.0161. The van der Waals surface area contributed by atoms with Gasteiger partial charge in [0.1, 0.15) is 5.75 Å². The maximum Gasteiger partial charge on any atom is 0.254 e. The van der Waals surface area contributed by atoms with Gasteiger partial charge in [0.25, 0.3) is 5.91 Å². The Bertz CT molecular complexity index is 798. The standard InChI is InChI=1S/C22H28N2O3/c1-15(2)14-27-19-11-9-18(10-12-19)22(26)24(5)13-21(25)23-20-8-6-7-16(3)17(20)4/h6-12,15H,13-14H2,1-5H3,(H,23,25). The van der Waals surface area contributed by atoms with Gasteiger partial charge in [0, 0.05) is 18.3 Å². The van der Waals surface area contributed by atoms with Crippen molar-refractivity contribution in [2.75, 3.05) is 25.5 Å². The average Bonchev–Trinajstić information content (AvgIpc) is 2.63. The van der Waals surface area contributed by atoms with Crippen LogP contribution < -0.4 is 10.1 Å². The Morgan fingerprint density at radius 3 is 2.37 bits per heavy atom. The van der Waals surface area contributed by atoms with Gasteiger partial charge in [-0.15, -0.1) is 0 Å². The van der Waals surface area contributed by atoms with Gasteiger partial charge in [-0.25, -0.2) is 0 Å². The minimum atomic E-state index is -0.226. The zero-order chi connectivity index (χ0) is 20.0. The van der Waals surface area contributed by atoms with Crippen LogP contribution in [0.3, 0.4) is 0 Å². The molecule has 0 aromatic heterocycles. The number of nitrogens with zero attached hydrogens (tertiary/aromatic N) is 1. The smallest absolute Gasteiger partial charge is 0.254 e. The number of nitrogens with one attached hydrogen (secondary N) is 1. The third kappa shape index (κ3) is 5.84. The highest BCUT2D eigenvalue weighted by molar-refractivity contribution is 5.99. The minimum Gasteiger partial charge on any atom is -0.493 e. The van der Waals surface area contributed by atoms with Crippen molar-refractivity contribution in [2.24, 2.45) is 5.92 Å². The molecule has 0 saturated carbocycles. The lowest BCUT2D eigenvalue weighted by Crippen LogP contribution is -2.35. The molecule has 2 amide bonds. The van der Waals surface area contributed by atoms with Crippen molar-refractivity contribution in [1.82, 2.24) is 4.90 Å². The molecule has 0 saturated heterocycles. The van der Waals surface area contributed by atoms with Crippen LogP contribution in [0.2, 0.25) is 0 Å². The van der Waals surface area contributed by atoms with Crippen LogP contribution in [-0.2, 0) is 4.79 Å². The van der Waals surface area contributed by atoms with Crippen LogP contribution in [0.15, 0.2) is 42.5 Å². The van der Waals surface area contributed by atoms with Gasteiger partial charge in [-0.3, -0.25) is 9.59 Å². The van der Waals surface area contributed by atoms with Gasteiger partial charge in [0.05, 0.1) is 13.2 Å². The van der Waals surface area contributed by atoms with Crippen LogP contribution in [0, 0.1) is 19.8 Å². The third-order valence-corrected chi connectivity index (χ3v) is 4.29. The number of ether oxygens (including phenoxy) is 1. The van der Waals surface area contributed by atoms with Crippen LogP contribution in [0.1, 0.15) is 35.3 Å². The first-order valence-corrected chi connectivity index (χ1v) is 9.12. The lowest BCUT2D eigenvalue weighted by molar-refractivity contribution is -0.116. The number of hydrogen-bond donors (Lipinski definition) is 1. The maximum atomic E-state index is 12.5. The van der Waals surface area contributed by atoms with Gasteiger partial charge in [0.2, 0.25) is 5.91 Å². The van der Waals surface area contributed by atoms with E-state index in [0.717, 1.165) is 22.6 Å². The van der Waals surface area contributed by atoms with Crippen LogP contribution in [0.5, 0.6) is 5.75 Å². The summed E-state index contributed by atoms with van der Waals surface area (Å²) in [7, 11) is 1.62. The first kappa shape index (κ1) is 20.5. The second-order valence-corrected chi connectivity index (χ2v) is 7.19. The molecule has 27 heavy (non-hydrogen) atoms. The monoisotopic (exact) mass is 368 g/mol. The molecule has 2 aromatic carbocycles. The first-order valence-electron chi connectivity index (χ1n) is 9.12. The molecule has 0 heterocycles. The highest BCUT2D eigenvalue weighted by Crippen LogP contribution is 2.18. The summed E-state index contributed by atoms with van der Waals surface area (Å²) in [5.74, 6) is 0.738. The number of rotatable bonds is 7. The fourth-order valence-corrected chi connectivity index (χ4v) is 2.54. The Morgan fingerprint density at radius 1 is 1.07 bits per heavy atom. The number of likely N-dealkylation sites (N-methyl/N-ethyl adjacent to an activating group) is 1. The lowest BCUT2D eigenvalue weighted by atomic mass is 10.1. The second kappa shape index (κ2) is 9.21. The lowest BCUT2D eigenvalue weighted by Gasteiger charge is -2.18. The molecular weight excluding hydrogens is 340 g/mol. The van der Waals surface area contributed by atoms with Crippen molar-refractivity contribution in [3.63, 3.8) is 0 Å². The van der Waals surface area contributed by atoms with E-state index in [4.69, 9.17) is 4.74 Å². The fourth-order valence-electron chi connectivity index (χ4n) is 2.54. The van der Waals surface area contributed by atoms with Gasteiger partial charge in [-0.1, -0.05) is 26.0 Å². The van der Waals surface area contributed by atoms with E-state index in [1.165, 1.54) is 4.90 Å². The SMILES string of the molecule is Cc1cccc(NC(=O)CN(C)C(=O)c2ccc(OCC(C)C)cc2)c1C. The Morgan fingerprint density at radius 2 is 1.74 bits per heavy atom. The van der Waals surface area contributed by atoms with Crippen LogP contribution >= 0.6 is 0 Å². The van der Waals surface area contributed by atoms with E-state index in [1.807, 2.05) is 32.0 Å². The molecule has 0 fully saturated rings. The highest BCUT2D eigenvalue weighted by Gasteiger charge is 2.16. The molecule has 2 aromatic rings. The van der Waals surface area contributed by atoms with Crippen molar-refractivity contribution < 1.29 is 14.3 Å². The molecule has 0 atom stereocenters. The quantitative estimate of drug-likeness (QED) is 0.802. The molecule has 0 aliphatic heterocycles. The van der Waals surface area contributed by atoms with Crippen molar-refractivity contribution in [2.45, 2.75) is 27.7 Å². The summed E-state index contributed by atoms with van der Waals surface area (Å²) >= 11 is 0. The first-order chi connectivity index (χ1) is 12.8. The van der Waals surface area contributed by atoms with E-state index in [0.29, 0.717) is 18.1 Å². The Kier molecular flexibility index (Phi) is 6.99. The zero-order valence-electron chi connectivity index (χ0n) is 16.7. The number of carbonyl (C=O) groups excluding carboxylic acids is 2. The number of amides is 2. The van der Waals surface area contributed by atoms with Crippen LogP contribution in [0.25, 0.3) is 0 Å². The molecule has 0 bridgehead atoms. The van der Waals surface area contributed by atoms with E-state index in [9.17, 15) is 9.59 Å². The number of hydrogen-bond acceptors (Lipinski definition) is 3. The molecule has 1 N–H and O–H groups in total. The second-order valence-electron chi connectivity index (χ2n) is 7.19. The van der Waals surface area contributed by atoms with Crippen LogP contribution in [-0.4, -0.2) is 36.9 Å². The molecule has 0 radical (unpaired) electrons. The van der Waals surface area contributed by atoms with E-state index >= 15 is 0 Å². The maximum absolute atomic E-state index is 12.5. The van der Waals surface area contributed by atoms with Gasteiger partial charge in [-0.05, 0) is 61.2 Å². The molecule has 5 heteroatoms. The van der Waals surface area contributed by atoms with E-state index < -0.39 is 0 Å². The fraction of sp³-hybridized carbons (Fsp3) is 0.364. The predicted molar refractivity (Wildman–Crippen MR) is 108 cm³/mol. The summed E-state index contributed by atoms with van der Waals surface area (Å²) in [5.41, 5.74) is 3.43. The molecule has 0 unspecified atom stereocenters. The van der Waals surface area contributed by atoms with Gasteiger partial charge in [-0.2, -0.15) is 0 Å². The van der Waals surface area contributed by atoms with E-state index in [1.54, 1.807) is 31.3 Å². The highest BCUT2D eigenvalue weighted by atomic mass is 16.5. The van der Waals surface area contributed by atoms with Crippen molar-refractivity contribution in [3.8, 4) is 5.75 Å². The Hall–Kier alpha value is -2.82. The van der Waals surface area contributed by atoms with Gasteiger partial charge < -0.3 is 15.0 Å². The van der Waals surface area contributed by atoms with Crippen LogP contribution in [0.4, 0.5) is 5.69 Å². The summed E-state index contributed by atoms with van der Waals surface area (Å²) < 4.78 is 5.63. The molecule has 2 rings (SSSR count). The van der Waals surface area contributed by atoms with Crippen molar-refractivity contribution >= 4 is 17.5 Å². The molecule has 0 aliphatic rings. The summed E-state index contributed by atoms with van der Waals surface area (Å²) in [6.45, 7) is 8.73. The van der Waals surface area contributed by atoms with Crippen molar-refractivity contribution in [1.29, 1.82) is 0 Å². The Labute approximate surface area is 161 Å². The number of carbonyl (C=O) groups is 2. The average molecular weight is 368 g/mol. The summed E-state index contributed by atoms with van der Waals surface area (Å²) in [4.78, 5) is 26.2. The predicted octanol–water partition coefficient (Wildman–Crippen LogP) is 4.05. The molecule has 0 spiro atoms. The van der Waals surface area contributed by atoms with Gasteiger partial charge in [0.15, 0.2) is 0 Å². The summed E-state index contributed by atoms with van der Waals surface area (Å²) in [6, 6.07) is 12.7. The summed E-state index contributed by atoms with van der Waals surface area (Å²) in [6.07, 6.45) is 0.